The van der Waals surface area contributed by atoms with Gasteiger partial charge in [-0.15, -0.1) is 0 Å². The second-order valence-corrected chi connectivity index (χ2v) is 9.47. The second kappa shape index (κ2) is 15.1. The molecule has 0 aliphatic carbocycles. The molecule has 2 saturated heterocycles. The van der Waals surface area contributed by atoms with Gasteiger partial charge in [-0.05, 0) is 18.4 Å². The van der Waals surface area contributed by atoms with Crippen LogP contribution in [0.25, 0.3) is 0 Å². The molecule has 0 saturated carbocycles. The molecule has 12 heteroatoms. The molecule has 39 heavy (non-hydrogen) atoms. The molecular formula is C27H40N6O6. The number of hydrogen-bond acceptors (Lipinski definition) is 7. The van der Waals surface area contributed by atoms with Crippen LogP contribution in [-0.4, -0.2) is 109 Å². The van der Waals surface area contributed by atoms with Gasteiger partial charge >= 0.3 is 12.1 Å². The van der Waals surface area contributed by atoms with E-state index in [0.717, 1.165) is 18.4 Å². The van der Waals surface area contributed by atoms with Gasteiger partial charge in [-0.3, -0.25) is 9.59 Å². The minimum Gasteiger partial charge on any atom is -0.445 e. The fraction of sp³-hybridized carbons (Fsp3) is 0.556. The van der Waals surface area contributed by atoms with Crippen molar-refractivity contribution in [1.29, 1.82) is 0 Å². The number of alkyl carbamates (subject to hydrolysis) is 1. The number of unbranched alkanes of at least 4 members (excludes halogenated alkanes) is 1. The number of ether oxygens (including phenoxy) is 2. The molecule has 0 radical (unpaired) electrons. The second-order valence-electron chi connectivity index (χ2n) is 9.47. The summed E-state index contributed by atoms with van der Waals surface area (Å²) in [6.07, 6.45) is 2.57. The van der Waals surface area contributed by atoms with Crippen molar-refractivity contribution in [2.75, 3.05) is 53.0 Å². The molecule has 3 rings (SSSR count). The molecule has 5 amide bonds. The average Bonchev–Trinajstić information content (AvgIpc) is 2.93. The fourth-order valence-corrected chi connectivity index (χ4v) is 4.63. The van der Waals surface area contributed by atoms with Gasteiger partial charge in [0.2, 0.25) is 11.8 Å². The Morgan fingerprint density at radius 1 is 1.13 bits per heavy atom. The fourth-order valence-electron chi connectivity index (χ4n) is 4.63. The first kappa shape index (κ1) is 29.9. The lowest BCUT2D eigenvalue weighted by atomic mass is 10.1. The normalized spacial score (nSPS) is 19.5. The zero-order valence-electron chi connectivity index (χ0n) is 22.8. The minimum atomic E-state index is -0.994. The number of amides is 5. The Morgan fingerprint density at radius 3 is 2.59 bits per heavy atom. The zero-order chi connectivity index (χ0) is 28.2. The monoisotopic (exact) mass is 544 g/mol. The Hall–Kier alpha value is -3.64. The standard InChI is InChI=1S/C27H40N6O6/c1-4-6-15-38-16-10-13-31-19-23-32(22(25(31)35)18-29-27(37)39-14-5-2)24(34)20-30(3)33(23)26(36)28-17-21-11-8-7-9-12-21/h5,7-9,11-12,22-23H,2,4,6,10,13-20H2,1,3H3,(H,28,36)(H,29,37)/t22-,23-/m0/s1. The van der Waals surface area contributed by atoms with Gasteiger partial charge in [-0.1, -0.05) is 56.3 Å². The van der Waals surface area contributed by atoms with Crippen LogP contribution in [0.1, 0.15) is 31.7 Å². The highest BCUT2D eigenvalue weighted by Gasteiger charge is 2.50. The van der Waals surface area contributed by atoms with Gasteiger partial charge in [0.15, 0.2) is 0 Å². The van der Waals surface area contributed by atoms with E-state index in [2.05, 4.69) is 24.1 Å². The predicted octanol–water partition coefficient (Wildman–Crippen LogP) is 1.54. The Labute approximate surface area is 229 Å². The Balaban J connectivity index is 1.77. The Bertz CT molecular complexity index is 992. The van der Waals surface area contributed by atoms with E-state index in [1.54, 1.807) is 17.0 Å². The van der Waals surface area contributed by atoms with Crippen LogP contribution in [0.2, 0.25) is 0 Å². The van der Waals surface area contributed by atoms with E-state index >= 15 is 0 Å². The van der Waals surface area contributed by atoms with Crippen molar-refractivity contribution in [3.63, 3.8) is 0 Å². The smallest absolute Gasteiger partial charge is 0.407 e. The third-order valence-corrected chi connectivity index (χ3v) is 6.57. The van der Waals surface area contributed by atoms with Crippen LogP contribution in [0.3, 0.4) is 0 Å². The summed E-state index contributed by atoms with van der Waals surface area (Å²) in [4.78, 5) is 55.3. The maximum absolute atomic E-state index is 13.5. The van der Waals surface area contributed by atoms with E-state index in [1.165, 1.54) is 16.0 Å². The predicted molar refractivity (Wildman–Crippen MR) is 144 cm³/mol. The molecule has 12 nitrogen and oxygen atoms in total. The molecule has 0 aromatic heterocycles. The molecule has 0 unspecified atom stereocenters. The van der Waals surface area contributed by atoms with E-state index < -0.39 is 24.3 Å². The number of nitrogens with one attached hydrogen (secondary N) is 2. The van der Waals surface area contributed by atoms with Crippen molar-refractivity contribution in [2.45, 2.75) is 44.9 Å². The number of fused-ring (bicyclic) bond motifs is 1. The van der Waals surface area contributed by atoms with E-state index in [4.69, 9.17) is 9.47 Å². The number of piperazine rings is 1. The van der Waals surface area contributed by atoms with E-state index in [1.807, 2.05) is 30.3 Å². The number of benzene rings is 1. The SMILES string of the molecule is C=CCOC(=O)NC[C@H]1C(=O)N(CCCOCCCC)C[C@H]2N1C(=O)CN(C)N2C(=O)NCc1ccccc1. The summed E-state index contributed by atoms with van der Waals surface area (Å²) in [5.74, 6) is -0.608. The van der Waals surface area contributed by atoms with Crippen LogP contribution in [0.15, 0.2) is 43.0 Å². The molecular weight excluding hydrogens is 504 g/mol. The third kappa shape index (κ3) is 8.17. The average molecular weight is 545 g/mol. The number of rotatable bonds is 13. The highest BCUT2D eigenvalue weighted by atomic mass is 16.5. The summed E-state index contributed by atoms with van der Waals surface area (Å²) < 4.78 is 10.6. The number of carbonyl (C=O) groups is 4. The van der Waals surface area contributed by atoms with Crippen molar-refractivity contribution >= 4 is 23.9 Å². The first-order valence-corrected chi connectivity index (χ1v) is 13.4. The summed E-state index contributed by atoms with van der Waals surface area (Å²) in [6.45, 7) is 7.37. The Morgan fingerprint density at radius 2 is 1.87 bits per heavy atom. The zero-order valence-corrected chi connectivity index (χ0v) is 22.8. The van der Waals surface area contributed by atoms with E-state index in [9.17, 15) is 19.2 Å². The minimum absolute atomic E-state index is 0.0139. The van der Waals surface area contributed by atoms with Gasteiger partial charge in [0, 0.05) is 33.4 Å². The van der Waals surface area contributed by atoms with Crippen LogP contribution in [0.5, 0.6) is 0 Å². The van der Waals surface area contributed by atoms with Crippen molar-refractivity contribution < 1.29 is 28.7 Å². The van der Waals surface area contributed by atoms with Gasteiger partial charge in [0.05, 0.1) is 19.6 Å². The summed E-state index contributed by atoms with van der Waals surface area (Å²) in [5.41, 5.74) is 0.932. The van der Waals surface area contributed by atoms with Gasteiger partial charge in [-0.25, -0.2) is 19.6 Å². The Kier molecular flexibility index (Phi) is 11.6. The van der Waals surface area contributed by atoms with Crippen molar-refractivity contribution in [1.82, 2.24) is 30.5 Å². The van der Waals surface area contributed by atoms with Gasteiger partial charge < -0.3 is 29.9 Å². The van der Waals surface area contributed by atoms with E-state index in [0.29, 0.717) is 32.7 Å². The summed E-state index contributed by atoms with van der Waals surface area (Å²) in [5, 5.41) is 8.54. The lowest BCUT2D eigenvalue weighted by molar-refractivity contribution is -0.186. The van der Waals surface area contributed by atoms with Gasteiger partial charge in [0.25, 0.3) is 0 Å². The first-order chi connectivity index (χ1) is 18.9. The number of urea groups is 1. The number of carbonyl (C=O) groups excluding carboxylic acids is 4. The molecule has 214 valence electrons. The summed E-state index contributed by atoms with van der Waals surface area (Å²) in [6, 6.07) is 8.12. The van der Waals surface area contributed by atoms with Crippen LogP contribution in [0.4, 0.5) is 9.59 Å². The van der Waals surface area contributed by atoms with Crippen LogP contribution in [-0.2, 0) is 25.6 Å². The van der Waals surface area contributed by atoms with Gasteiger partial charge in [0.1, 0.15) is 18.8 Å². The van der Waals surface area contributed by atoms with Crippen LogP contribution >= 0.6 is 0 Å². The highest BCUT2D eigenvalue weighted by molar-refractivity contribution is 5.92. The molecule has 1 aromatic rings. The maximum atomic E-state index is 13.5. The number of hydrazine groups is 1. The molecule has 2 N–H and O–H groups in total. The van der Waals surface area contributed by atoms with Crippen molar-refractivity contribution in [2.24, 2.45) is 0 Å². The number of nitrogens with zero attached hydrogens (tertiary/aromatic N) is 4. The molecule has 1 aromatic carbocycles. The maximum Gasteiger partial charge on any atom is 0.407 e. The largest absolute Gasteiger partial charge is 0.445 e. The van der Waals surface area contributed by atoms with Gasteiger partial charge in [-0.2, -0.15) is 0 Å². The molecule has 0 bridgehead atoms. The molecule has 2 fully saturated rings. The van der Waals surface area contributed by atoms with E-state index in [-0.39, 0.29) is 38.1 Å². The number of likely N-dealkylation sites (N-methyl/N-ethyl adjacent to an activating group) is 1. The molecule has 2 aliphatic rings. The molecule has 2 aliphatic heterocycles. The molecule has 0 spiro atoms. The lowest BCUT2D eigenvalue weighted by Gasteiger charge is -2.54. The van der Waals surface area contributed by atoms with Crippen molar-refractivity contribution in [3.8, 4) is 0 Å². The topological polar surface area (TPSA) is 124 Å². The van der Waals surface area contributed by atoms with Crippen LogP contribution in [0, 0.1) is 0 Å². The summed E-state index contributed by atoms with van der Waals surface area (Å²) >= 11 is 0. The molecule has 2 atom stereocenters. The van der Waals surface area contributed by atoms with Crippen molar-refractivity contribution in [3.05, 3.63) is 48.6 Å². The number of hydrogen-bond donors (Lipinski definition) is 2. The molecule has 2 heterocycles. The highest BCUT2D eigenvalue weighted by Crippen LogP contribution is 2.26. The lowest BCUT2D eigenvalue weighted by Crippen LogP contribution is -2.77. The quantitative estimate of drug-likeness (QED) is 0.285. The third-order valence-electron chi connectivity index (χ3n) is 6.57. The first-order valence-electron chi connectivity index (χ1n) is 13.4. The summed E-state index contributed by atoms with van der Waals surface area (Å²) in [7, 11) is 1.67. The van der Waals surface area contributed by atoms with Crippen LogP contribution < -0.4 is 10.6 Å².